The minimum Gasteiger partial charge on any atom is -0.457 e. The number of amides is 2. The second-order valence-corrected chi connectivity index (χ2v) is 6.12. The first-order valence-electron chi connectivity index (χ1n) is 8.62. The lowest BCUT2D eigenvalue weighted by Crippen LogP contribution is -2.27. The Kier molecular flexibility index (Phi) is 4.57. The summed E-state index contributed by atoms with van der Waals surface area (Å²) >= 11 is 0. The maximum absolute atomic E-state index is 12.2. The van der Waals surface area contributed by atoms with E-state index in [9.17, 15) is 9.59 Å². The van der Waals surface area contributed by atoms with Crippen LogP contribution in [0.15, 0.2) is 67.0 Å². The van der Waals surface area contributed by atoms with Crippen LogP contribution in [-0.2, 0) is 11.3 Å². The van der Waals surface area contributed by atoms with E-state index in [2.05, 4.69) is 10.4 Å². The first-order valence-corrected chi connectivity index (χ1v) is 8.62. The molecular weight excluding hydrogens is 344 g/mol. The minimum absolute atomic E-state index is 0.121. The number of nitrogens with zero attached hydrogens (tertiary/aromatic N) is 3. The first kappa shape index (κ1) is 16.8. The number of esters is 1. The largest absolute Gasteiger partial charge is 0.457 e. The van der Waals surface area contributed by atoms with Crippen molar-refractivity contribution in [1.29, 1.82) is 0 Å². The molecule has 0 atom stereocenters. The number of aromatic nitrogens is 2. The fraction of sp³-hybridized carbons (Fsp3) is 0.150. The Hall–Kier alpha value is -3.61. The van der Waals surface area contributed by atoms with Gasteiger partial charge in [0.2, 0.25) is 0 Å². The molecule has 0 bridgehead atoms. The van der Waals surface area contributed by atoms with Gasteiger partial charge in [0, 0.05) is 31.2 Å². The van der Waals surface area contributed by atoms with E-state index in [0.717, 1.165) is 16.9 Å². The van der Waals surface area contributed by atoms with E-state index in [0.29, 0.717) is 18.7 Å². The molecule has 1 saturated heterocycles. The zero-order chi connectivity index (χ0) is 18.6. The normalized spacial score (nSPS) is 13.5. The quantitative estimate of drug-likeness (QED) is 0.708. The van der Waals surface area contributed by atoms with Crippen molar-refractivity contribution in [2.75, 3.05) is 18.0 Å². The van der Waals surface area contributed by atoms with Crippen LogP contribution < -0.4 is 10.2 Å². The molecule has 1 N–H and O–H groups in total. The third-order valence-electron chi connectivity index (χ3n) is 4.35. The SMILES string of the molecule is O=C(OCc1ccc(-n2cccn2)cc1)c1ccc(N2CCNC2=O)cc1. The molecule has 2 amide bonds. The predicted octanol–water partition coefficient (Wildman–Crippen LogP) is 2.76. The highest BCUT2D eigenvalue weighted by atomic mass is 16.5. The molecule has 1 aliphatic heterocycles. The van der Waals surface area contributed by atoms with Gasteiger partial charge in [-0.2, -0.15) is 5.10 Å². The van der Waals surface area contributed by atoms with Crippen LogP contribution in [0.3, 0.4) is 0 Å². The van der Waals surface area contributed by atoms with Gasteiger partial charge in [0.25, 0.3) is 0 Å². The summed E-state index contributed by atoms with van der Waals surface area (Å²) in [6, 6.07) is 16.2. The third-order valence-corrected chi connectivity index (χ3v) is 4.35. The third kappa shape index (κ3) is 3.67. The molecule has 0 saturated carbocycles. The molecule has 1 aromatic heterocycles. The van der Waals surface area contributed by atoms with Gasteiger partial charge in [-0.25, -0.2) is 14.3 Å². The van der Waals surface area contributed by atoms with Crippen molar-refractivity contribution in [1.82, 2.24) is 15.1 Å². The van der Waals surface area contributed by atoms with E-state index in [1.165, 1.54) is 0 Å². The highest BCUT2D eigenvalue weighted by Crippen LogP contribution is 2.18. The van der Waals surface area contributed by atoms with Gasteiger partial charge in [0.15, 0.2) is 0 Å². The lowest BCUT2D eigenvalue weighted by molar-refractivity contribution is 0.0472. The zero-order valence-corrected chi connectivity index (χ0v) is 14.5. The molecule has 2 heterocycles. The van der Waals surface area contributed by atoms with Crippen LogP contribution in [0.4, 0.5) is 10.5 Å². The van der Waals surface area contributed by atoms with Gasteiger partial charge >= 0.3 is 12.0 Å². The first-order chi connectivity index (χ1) is 13.2. The Morgan fingerprint density at radius 2 is 1.81 bits per heavy atom. The fourth-order valence-corrected chi connectivity index (χ4v) is 2.89. The number of carbonyl (C=O) groups excluding carboxylic acids is 2. The van der Waals surface area contributed by atoms with E-state index < -0.39 is 5.97 Å². The molecule has 0 radical (unpaired) electrons. The van der Waals surface area contributed by atoms with Crippen molar-refractivity contribution in [3.05, 3.63) is 78.1 Å². The molecule has 2 aromatic carbocycles. The highest BCUT2D eigenvalue weighted by Gasteiger charge is 2.21. The number of nitrogens with one attached hydrogen (secondary N) is 1. The molecule has 0 unspecified atom stereocenters. The van der Waals surface area contributed by atoms with Crippen molar-refractivity contribution in [2.24, 2.45) is 0 Å². The van der Waals surface area contributed by atoms with Crippen molar-refractivity contribution >= 4 is 17.7 Å². The van der Waals surface area contributed by atoms with Crippen molar-refractivity contribution in [3.63, 3.8) is 0 Å². The summed E-state index contributed by atoms with van der Waals surface area (Å²) in [6.45, 7) is 1.44. The molecule has 4 rings (SSSR count). The van der Waals surface area contributed by atoms with Gasteiger partial charge in [-0.05, 0) is 48.0 Å². The average molecular weight is 362 g/mol. The second kappa shape index (κ2) is 7.33. The molecular formula is C20H18N4O3. The van der Waals surface area contributed by atoms with Crippen LogP contribution in [0.2, 0.25) is 0 Å². The summed E-state index contributed by atoms with van der Waals surface area (Å²) in [5.74, 6) is -0.399. The van der Waals surface area contributed by atoms with Gasteiger partial charge in [-0.1, -0.05) is 12.1 Å². The molecule has 1 aliphatic rings. The van der Waals surface area contributed by atoms with E-state index in [1.807, 2.05) is 36.5 Å². The molecule has 136 valence electrons. The van der Waals surface area contributed by atoms with Gasteiger partial charge in [0.05, 0.1) is 11.3 Å². The van der Waals surface area contributed by atoms with Gasteiger partial charge in [-0.15, -0.1) is 0 Å². The van der Waals surface area contributed by atoms with Crippen molar-refractivity contribution in [2.45, 2.75) is 6.61 Å². The Morgan fingerprint density at radius 3 is 2.44 bits per heavy atom. The highest BCUT2D eigenvalue weighted by molar-refractivity contribution is 5.95. The van der Waals surface area contributed by atoms with E-state index in [4.69, 9.17) is 4.74 Å². The Morgan fingerprint density at radius 1 is 1.07 bits per heavy atom. The molecule has 0 aliphatic carbocycles. The Bertz CT molecular complexity index is 934. The maximum Gasteiger partial charge on any atom is 0.338 e. The fourth-order valence-electron chi connectivity index (χ4n) is 2.89. The number of rotatable bonds is 5. The number of hydrogen-bond donors (Lipinski definition) is 1. The van der Waals surface area contributed by atoms with E-state index in [-0.39, 0.29) is 12.6 Å². The zero-order valence-electron chi connectivity index (χ0n) is 14.5. The molecule has 1 fully saturated rings. The number of benzene rings is 2. The second-order valence-electron chi connectivity index (χ2n) is 6.12. The summed E-state index contributed by atoms with van der Waals surface area (Å²) in [5, 5.41) is 6.92. The monoisotopic (exact) mass is 362 g/mol. The van der Waals surface area contributed by atoms with Crippen LogP contribution in [0.25, 0.3) is 5.69 Å². The number of anilines is 1. The van der Waals surface area contributed by atoms with Crippen molar-refractivity contribution in [3.8, 4) is 5.69 Å². The minimum atomic E-state index is -0.399. The van der Waals surface area contributed by atoms with E-state index in [1.54, 1.807) is 40.0 Å². The van der Waals surface area contributed by atoms with Crippen LogP contribution in [0.1, 0.15) is 15.9 Å². The number of carbonyl (C=O) groups is 2. The summed E-state index contributed by atoms with van der Waals surface area (Å²) < 4.78 is 7.14. The van der Waals surface area contributed by atoms with Crippen LogP contribution in [-0.4, -0.2) is 34.9 Å². The van der Waals surface area contributed by atoms with Gasteiger partial charge in [-0.3, -0.25) is 4.90 Å². The van der Waals surface area contributed by atoms with Gasteiger partial charge < -0.3 is 10.1 Å². The Balaban J connectivity index is 1.35. The summed E-state index contributed by atoms with van der Waals surface area (Å²) in [6.07, 6.45) is 3.58. The van der Waals surface area contributed by atoms with Gasteiger partial charge in [0.1, 0.15) is 6.61 Å². The lowest BCUT2D eigenvalue weighted by atomic mass is 10.2. The molecule has 7 nitrogen and oxygen atoms in total. The average Bonchev–Trinajstić information content (AvgIpc) is 3.38. The van der Waals surface area contributed by atoms with Crippen LogP contribution >= 0.6 is 0 Å². The van der Waals surface area contributed by atoms with Crippen LogP contribution in [0.5, 0.6) is 0 Å². The van der Waals surface area contributed by atoms with Crippen molar-refractivity contribution < 1.29 is 14.3 Å². The molecule has 7 heteroatoms. The van der Waals surface area contributed by atoms with E-state index >= 15 is 0 Å². The molecule has 3 aromatic rings. The standard InChI is InChI=1S/C20H18N4O3/c25-19(16-4-8-17(9-5-16)23-13-11-21-20(23)26)27-14-15-2-6-18(7-3-15)24-12-1-10-22-24/h1-10,12H,11,13-14H2,(H,21,26). The Labute approximate surface area is 156 Å². The number of ether oxygens (including phenoxy) is 1. The predicted molar refractivity (Wildman–Crippen MR) is 99.9 cm³/mol. The van der Waals surface area contributed by atoms with Crippen LogP contribution in [0, 0.1) is 0 Å². The smallest absolute Gasteiger partial charge is 0.338 e. The summed E-state index contributed by atoms with van der Waals surface area (Å²) in [7, 11) is 0. The number of urea groups is 1. The summed E-state index contributed by atoms with van der Waals surface area (Å²) in [5.41, 5.74) is 3.04. The topological polar surface area (TPSA) is 76.5 Å². The summed E-state index contributed by atoms with van der Waals surface area (Å²) in [4.78, 5) is 25.5. The molecule has 27 heavy (non-hydrogen) atoms. The maximum atomic E-state index is 12.2. The number of hydrogen-bond acceptors (Lipinski definition) is 4. The lowest BCUT2D eigenvalue weighted by Gasteiger charge is -2.14. The molecule has 0 spiro atoms.